The Morgan fingerprint density at radius 1 is 1.27 bits per heavy atom. The van der Waals surface area contributed by atoms with Gasteiger partial charge in [-0.1, -0.05) is 5.21 Å². The lowest BCUT2D eigenvalue weighted by Gasteiger charge is -2.26. The van der Waals surface area contributed by atoms with Gasteiger partial charge in [0.1, 0.15) is 5.52 Å². The second-order valence-corrected chi connectivity index (χ2v) is 7.90. The first-order valence-corrected chi connectivity index (χ1v) is 9.10. The zero-order valence-electron chi connectivity index (χ0n) is 12.2. The molecule has 3 rings (SSSR count). The summed E-state index contributed by atoms with van der Waals surface area (Å²) in [7, 11) is -3.47. The molecular formula is C14H20N4O3S. The van der Waals surface area contributed by atoms with Crippen LogP contribution in [0.25, 0.3) is 11.0 Å². The zero-order chi connectivity index (χ0) is 15.7. The van der Waals surface area contributed by atoms with Crippen LogP contribution in [-0.2, 0) is 9.84 Å². The summed E-state index contributed by atoms with van der Waals surface area (Å²) in [6.07, 6.45) is 3.86. The summed E-state index contributed by atoms with van der Waals surface area (Å²) in [4.78, 5) is 0.173. The molecule has 0 spiro atoms. The molecule has 0 amide bonds. The number of benzene rings is 1. The molecule has 22 heavy (non-hydrogen) atoms. The number of aromatic nitrogens is 3. The van der Waals surface area contributed by atoms with Crippen molar-refractivity contribution in [1.82, 2.24) is 15.0 Å². The fraction of sp³-hybridized carbons (Fsp3) is 0.571. The number of fused-ring (bicyclic) bond motifs is 1. The fourth-order valence-electron chi connectivity index (χ4n) is 2.97. The van der Waals surface area contributed by atoms with Gasteiger partial charge in [0.2, 0.25) is 0 Å². The molecule has 1 fully saturated rings. The lowest BCUT2D eigenvalue weighted by molar-refractivity contribution is 0.306. The second kappa shape index (κ2) is 5.94. The average molecular weight is 324 g/mol. The molecule has 0 aliphatic heterocycles. The van der Waals surface area contributed by atoms with Crippen molar-refractivity contribution in [2.24, 2.45) is 5.73 Å². The third kappa shape index (κ3) is 2.86. The summed E-state index contributed by atoms with van der Waals surface area (Å²) in [5.74, 6) is -0.285. The maximum Gasteiger partial charge on any atom is 0.180 e. The summed E-state index contributed by atoms with van der Waals surface area (Å²) in [5.41, 5.74) is 7.33. The summed E-state index contributed by atoms with van der Waals surface area (Å²) in [6, 6.07) is 5.36. The number of nitrogens with zero attached hydrogens (tertiary/aromatic N) is 3. The SMILES string of the molecule is NC1CCC(n2nnc3cc(S(=O)(=O)CCO)ccc32)CC1. The minimum absolute atomic E-state index is 0.173. The van der Waals surface area contributed by atoms with Crippen LogP contribution in [0.1, 0.15) is 31.7 Å². The number of nitrogens with two attached hydrogens (primary N) is 1. The number of hydrogen-bond donors (Lipinski definition) is 2. The molecule has 1 saturated carbocycles. The van der Waals surface area contributed by atoms with E-state index in [0.717, 1.165) is 31.2 Å². The van der Waals surface area contributed by atoms with Crippen LogP contribution < -0.4 is 5.73 Å². The van der Waals surface area contributed by atoms with Crippen molar-refractivity contribution < 1.29 is 13.5 Å². The number of rotatable bonds is 4. The minimum Gasteiger partial charge on any atom is -0.395 e. The smallest absolute Gasteiger partial charge is 0.180 e. The molecule has 8 heteroatoms. The van der Waals surface area contributed by atoms with Gasteiger partial charge in [0.05, 0.1) is 28.8 Å². The highest BCUT2D eigenvalue weighted by atomic mass is 32.2. The molecule has 3 N–H and O–H groups in total. The van der Waals surface area contributed by atoms with E-state index in [9.17, 15) is 8.42 Å². The first-order valence-electron chi connectivity index (χ1n) is 7.45. The monoisotopic (exact) mass is 324 g/mol. The highest BCUT2D eigenvalue weighted by Crippen LogP contribution is 2.30. The summed E-state index contributed by atoms with van der Waals surface area (Å²) in [6.45, 7) is -0.393. The molecule has 1 aromatic carbocycles. The molecule has 1 aliphatic rings. The van der Waals surface area contributed by atoms with E-state index < -0.39 is 16.4 Å². The summed E-state index contributed by atoms with van der Waals surface area (Å²) in [5, 5.41) is 17.1. The van der Waals surface area contributed by atoms with Crippen LogP contribution in [0.15, 0.2) is 23.1 Å². The Morgan fingerprint density at radius 2 is 2.00 bits per heavy atom. The van der Waals surface area contributed by atoms with E-state index >= 15 is 0 Å². The lowest BCUT2D eigenvalue weighted by Crippen LogP contribution is -2.28. The Kier molecular flexibility index (Phi) is 4.16. The van der Waals surface area contributed by atoms with Crippen molar-refractivity contribution in [3.05, 3.63) is 18.2 Å². The highest BCUT2D eigenvalue weighted by molar-refractivity contribution is 7.91. The molecule has 1 aromatic heterocycles. The van der Waals surface area contributed by atoms with Crippen LogP contribution in [0.2, 0.25) is 0 Å². The number of aliphatic hydroxyl groups excluding tert-OH is 1. The van der Waals surface area contributed by atoms with Crippen molar-refractivity contribution in [3.63, 3.8) is 0 Å². The molecule has 2 aromatic rings. The van der Waals surface area contributed by atoms with Gasteiger partial charge in [-0.25, -0.2) is 13.1 Å². The Morgan fingerprint density at radius 3 is 2.68 bits per heavy atom. The van der Waals surface area contributed by atoms with E-state index in [4.69, 9.17) is 10.8 Å². The maximum atomic E-state index is 12.0. The first-order chi connectivity index (χ1) is 10.5. The van der Waals surface area contributed by atoms with Crippen LogP contribution in [0, 0.1) is 0 Å². The quantitative estimate of drug-likeness (QED) is 0.854. The summed E-state index contributed by atoms with van der Waals surface area (Å²) < 4.78 is 25.9. The van der Waals surface area contributed by atoms with Gasteiger partial charge in [0.25, 0.3) is 0 Å². The van der Waals surface area contributed by atoms with Gasteiger partial charge < -0.3 is 10.8 Å². The van der Waals surface area contributed by atoms with Crippen molar-refractivity contribution >= 4 is 20.9 Å². The van der Waals surface area contributed by atoms with Gasteiger partial charge in [0, 0.05) is 6.04 Å². The van der Waals surface area contributed by atoms with Gasteiger partial charge in [-0.15, -0.1) is 5.10 Å². The van der Waals surface area contributed by atoms with Crippen LogP contribution in [0.5, 0.6) is 0 Å². The highest BCUT2D eigenvalue weighted by Gasteiger charge is 2.23. The van der Waals surface area contributed by atoms with Crippen LogP contribution in [-0.4, -0.2) is 46.9 Å². The van der Waals surface area contributed by atoms with E-state index in [0.29, 0.717) is 5.52 Å². The Bertz CT molecular complexity index is 763. The van der Waals surface area contributed by atoms with E-state index in [1.54, 1.807) is 12.1 Å². The van der Waals surface area contributed by atoms with E-state index in [1.165, 1.54) is 6.07 Å². The van der Waals surface area contributed by atoms with Crippen LogP contribution in [0.4, 0.5) is 0 Å². The summed E-state index contributed by atoms with van der Waals surface area (Å²) >= 11 is 0. The number of aliphatic hydroxyl groups is 1. The van der Waals surface area contributed by atoms with Crippen molar-refractivity contribution in [3.8, 4) is 0 Å². The second-order valence-electron chi connectivity index (χ2n) is 5.80. The van der Waals surface area contributed by atoms with E-state index in [-0.39, 0.29) is 22.7 Å². The van der Waals surface area contributed by atoms with Crippen molar-refractivity contribution in [2.45, 2.75) is 42.7 Å². The molecule has 7 nitrogen and oxygen atoms in total. The molecule has 0 bridgehead atoms. The maximum absolute atomic E-state index is 12.0. The number of sulfone groups is 1. The topological polar surface area (TPSA) is 111 Å². The Hall–Kier alpha value is -1.51. The van der Waals surface area contributed by atoms with E-state index in [1.807, 2.05) is 4.68 Å². The molecule has 120 valence electrons. The molecule has 1 heterocycles. The Balaban J connectivity index is 1.93. The predicted molar refractivity (Wildman–Crippen MR) is 82.1 cm³/mol. The first kappa shape index (κ1) is 15.4. The molecular weight excluding hydrogens is 304 g/mol. The van der Waals surface area contributed by atoms with Crippen LogP contribution >= 0.6 is 0 Å². The minimum atomic E-state index is -3.47. The molecule has 0 saturated heterocycles. The molecule has 0 atom stereocenters. The van der Waals surface area contributed by atoms with Crippen molar-refractivity contribution in [1.29, 1.82) is 0 Å². The largest absolute Gasteiger partial charge is 0.395 e. The molecule has 1 aliphatic carbocycles. The van der Waals surface area contributed by atoms with Crippen LogP contribution in [0.3, 0.4) is 0 Å². The third-order valence-electron chi connectivity index (χ3n) is 4.25. The third-order valence-corrected chi connectivity index (χ3v) is 5.94. The molecule has 0 unspecified atom stereocenters. The standard InChI is InChI=1S/C14H20N4O3S/c15-10-1-3-11(4-2-10)18-14-6-5-12(9-13(14)16-17-18)22(20,21)8-7-19/h5-6,9-11,19H,1-4,7-8,15H2. The Labute approximate surface area is 129 Å². The predicted octanol–water partition coefficient (Wildman–Crippen LogP) is 0.640. The molecule has 0 radical (unpaired) electrons. The van der Waals surface area contributed by atoms with Gasteiger partial charge in [-0.2, -0.15) is 0 Å². The normalized spacial score (nSPS) is 23.0. The zero-order valence-corrected chi connectivity index (χ0v) is 13.0. The van der Waals surface area contributed by atoms with E-state index in [2.05, 4.69) is 10.3 Å². The van der Waals surface area contributed by atoms with Gasteiger partial charge >= 0.3 is 0 Å². The number of hydrogen-bond acceptors (Lipinski definition) is 6. The fourth-order valence-corrected chi connectivity index (χ4v) is 4.01. The van der Waals surface area contributed by atoms with Gasteiger partial charge in [-0.05, 0) is 43.9 Å². The van der Waals surface area contributed by atoms with Gasteiger partial charge in [-0.3, -0.25) is 0 Å². The average Bonchev–Trinajstić information content (AvgIpc) is 2.91. The van der Waals surface area contributed by atoms with Gasteiger partial charge in [0.15, 0.2) is 9.84 Å². The van der Waals surface area contributed by atoms with Crippen molar-refractivity contribution in [2.75, 3.05) is 12.4 Å². The lowest BCUT2D eigenvalue weighted by atomic mass is 9.92.